The third-order valence-electron chi connectivity index (χ3n) is 4.77. The summed E-state index contributed by atoms with van der Waals surface area (Å²) in [7, 11) is 0. The number of benzene rings is 1. The summed E-state index contributed by atoms with van der Waals surface area (Å²) < 4.78 is 45.5. The Balaban J connectivity index is 1.43. The van der Waals surface area contributed by atoms with Gasteiger partial charge in [0.2, 0.25) is 5.91 Å². The van der Waals surface area contributed by atoms with Crippen LogP contribution in [0.25, 0.3) is 0 Å². The number of aryl methyl sites for hydroxylation is 2. The van der Waals surface area contributed by atoms with Gasteiger partial charge in [-0.1, -0.05) is 5.16 Å². The fourth-order valence-electron chi connectivity index (χ4n) is 3.20. The molecule has 29 heavy (non-hydrogen) atoms. The largest absolute Gasteiger partial charge is 0.573 e. The lowest BCUT2D eigenvalue weighted by Crippen LogP contribution is -2.48. The zero-order valence-electron chi connectivity index (χ0n) is 16.3. The highest BCUT2D eigenvalue weighted by atomic mass is 19.4. The molecule has 1 N–H and O–H groups in total. The van der Waals surface area contributed by atoms with Gasteiger partial charge in [-0.2, -0.15) is 0 Å². The van der Waals surface area contributed by atoms with Crippen LogP contribution in [0, 0.1) is 13.8 Å². The maximum absolute atomic E-state index is 12.2. The number of carbonyl (C=O) groups is 1. The van der Waals surface area contributed by atoms with E-state index in [4.69, 9.17) is 4.52 Å². The van der Waals surface area contributed by atoms with Crippen LogP contribution in [0.4, 0.5) is 18.9 Å². The van der Waals surface area contributed by atoms with E-state index >= 15 is 0 Å². The number of hydrogen-bond acceptors (Lipinski definition) is 6. The topological polar surface area (TPSA) is 70.8 Å². The van der Waals surface area contributed by atoms with Crippen LogP contribution < -0.4 is 10.1 Å². The number of nitrogens with zero attached hydrogens (tertiary/aromatic N) is 3. The van der Waals surface area contributed by atoms with Gasteiger partial charge in [-0.25, -0.2) is 0 Å². The van der Waals surface area contributed by atoms with E-state index in [1.807, 2.05) is 18.7 Å². The van der Waals surface area contributed by atoms with Gasteiger partial charge in [0, 0.05) is 44.0 Å². The molecule has 0 bridgehead atoms. The van der Waals surface area contributed by atoms with Crippen molar-refractivity contribution < 1.29 is 27.2 Å². The molecule has 2 heterocycles. The Kier molecular flexibility index (Phi) is 6.43. The molecule has 0 aliphatic carbocycles. The summed E-state index contributed by atoms with van der Waals surface area (Å²) in [5.74, 6) is 0.287. The molecule has 1 aromatic heterocycles. The highest BCUT2D eigenvalue weighted by Crippen LogP contribution is 2.24. The monoisotopic (exact) mass is 412 g/mol. The molecule has 0 atom stereocenters. The van der Waals surface area contributed by atoms with E-state index in [9.17, 15) is 18.0 Å². The number of aromatic nitrogens is 1. The van der Waals surface area contributed by atoms with Gasteiger partial charge in [-0.3, -0.25) is 14.6 Å². The van der Waals surface area contributed by atoms with Crippen molar-refractivity contribution in [1.29, 1.82) is 0 Å². The van der Waals surface area contributed by atoms with Gasteiger partial charge in [0.1, 0.15) is 11.5 Å². The number of hydrogen-bond donors (Lipinski definition) is 1. The van der Waals surface area contributed by atoms with E-state index in [2.05, 4.69) is 20.1 Å². The zero-order valence-corrected chi connectivity index (χ0v) is 16.3. The summed E-state index contributed by atoms with van der Waals surface area (Å²) in [6.45, 7) is 7.95. The number of amides is 1. The molecule has 1 aliphatic rings. The van der Waals surface area contributed by atoms with Gasteiger partial charge in [0.15, 0.2) is 0 Å². The minimum Gasteiger partial charge on any atom is -0.406 e. The van der Waals surface area contributed by atoms with Crippen molar-refractivity contribution in [3.63, 3.8) is 0 Å². The minimum atomic E-state index is -4.74. The van der Waals surface area contributed by atoms with Crippen LogP contribution >= 0.6 is 0 Å². The maximum Gasteiger partial charge on any atom is 0.573 e. The molecule has 0 radical (unpaired) electrons. The molecule has 0 spiro atoms. The van der Waals surface area contributed by atoms with E-state index in [0.717, 1.165) is 61.9 Å². The molecule has 10 heteroatoms. The number of carbonyl (C=O) groups excluding carboxylic acids is 1. The lowest BCUT2D eigenvalue weighted by Gasteiger charge is -2.34. The average molecular weight is 412 g/mol. The van der Waals surface area contributed by atoms with Gasteiger partial charge in [0.05, 0.1) is 12.2 Å². The van der Waals surface area contributed by atoms with E-state index in [1.165, 1.54) is 12.1 Å². The molecular formula is C19H23F3N4O3. The van der Waals surface area contributed by atoms with E-state index in [-0.39, 0.29) is 18.2 Å². The standard InChI is InChI=1S/C19H23F3N4O3/c1-13-17(14(2)29-24-13)11-25-7-9-26(10-8-25)12-18(27)23-15-3-5-16(6-4-15)28-19(20,21)22/h3-6H,7-12H2,1-2H3,(H,23,27). The maximum atomic E-state index is 12.2. The minimum absolute atomic E-state index is 0.214. The second kappa shape index (κ2) is 8.83. The Hall–Kier alpha value is -2.59. The summed E-state index contributed by atoms with van der Waals surface area (Å²) in [5.41, 5.74) is 2.42. The summed E-state index contributed by atoms with van der Waals surface area (Å²) in [6.07, 6.45) is -4.74. The Labute approximate surface area is 166 Å². The smallest absolute Gasteiger partial charge is 0.406 e. The van der Waals surface area contributed by atoms with Gasteiger partial charge < -0.3 is 14.6 Å². The van der Waals surface area contributed by atoms with E-state index in [0.29, 0.717) is 5.69 Å². The SMILES string of the molecule is Cc1noc(C)c1CN1CCN(CC(=O)Nc2ccc(OC(F)(F)F)cc2)CC1. The number of rotatable bonds is 6. The van der Waals surface area contributed by atoms with Crippen LogP contribution in [-0.2, 0) is 11.3 Å². The van der Waals surface area contributed by atoms with Crippen molar-refractivity contribution in [3.8, 4) is 5.75 Å². The van der Waals surface area contributed by atoms with Crippen LogP contribution in [0.5, 0.6) is 5.75 Å². The third-order valence-corrected chi connectivity index (χ3v) is 4.77. The first-order valence-corrected chi connectivity index (χ1v) is 9.22. The second-order valence-corrected chi connectivity index (χ2v) is 6.98. The molecule has 7 nitrogen and oxygen atoms in total. The van der Waals surface area contributed by atoms with Gasteiger partial charge in [-0.15, -0.1) is 13.2 Å². The predicted molar refractivity (Wildman–Crippen MR) is 99.4 cm³/mol. The van der Waals surface area contributed by atoms with Gasteiger partial charge in [0.25, 0.3) is 0 Å². The summed E-state index contributed by atoms with van der Waals surface area (Å²) in [5, 5.41) is 6.66. The molecule has 0 unspecified atom stereocenters. The van der Waals surface area contributed by atoms with Crippen molar-refractivity contribution in [2.75, 3.05) is 38.0 Å². The molecule has 1 saturated heterocycles. The molecule has 3 rings (SSSR count). The summed E-state index contributed by atoms with van der Waals surface area (Å²) in [6, 6.07) is 5.08. The van der Waals surface area contributed by atoms with Crippen LogP contribution in [-0.4, -0.2) is 59.9 Å². The fourth-order valence-corrected chi connectivity index (χ4v) is 3.20. The second-order valence-electron chi connectivity index (χ2n) is 6.98. The van der Waals surface area contributed by atoms with Crippen molar-refractivity contribution in [2.24, 2.45) is 0 Å². The van der Waals surface area contributed by atoms with E-state index < -0.39 is 6.36 Å². The predicted octanol–water partition coefficient (Wildman–Crippen LogP) is 2.95. The van der Waals surface area contributed by atoms with Crippen molar-refractivity contribution >= 4 is 11.6 Å². The van der Waals surface area contributed by atoms with Crippen molar-refractivity contribution in [1.82, 2.24) is 15.0 Å². The zero-order chi connectivity index (χ0) is 21.0. The number of anilines is 1. The van der Waals surface area contributed by atoms with Crippen molar-refractivity contribution in [2.45, 2.75) is 26.8 Å². The molecular weight excluding hydrogens is 389 g/mol. The van der Waals surface area contributed by atoms with Crippen LogP contribution in [0.1, 0.15) is 17.0 Å². The lowest BCUT2D eigenvalue weighted by molar-refractivity contribution is -0.274. The normalized spacial score (nSPS) is 16.0. The molecule has 158 valence electrons. The molecule has 0 saturated carbocycles. The number of nitrogens with one attached hydrogen (secondary N) is 1. The first-order valence-electron chi connectivity index (χ1n) is 9.22. The summed E-state index contributed by atoms with van der Waals surface area (Å²) in [4.78, 5) is 16.6. The molecule has 1 aromatic carbocycles. The number of alkyl halides is 3. The molecule has 2 aromatic rings. The highest BCUT2D eigenvalue weighted by molar-refractivity contribution is 5.92. The lowest BCUT2D eigenvalue weighted by atomic mass is 10.2. The van der Waals surface area contributed by atoms with Crippen LogP contribution in [0.2, 0.25) is 0 Å². The molecule has 1 aliphatic heterocycles. The fraction of sp³-hybridized carbons (Fsp3) is 0.474. The van der Waals surface area contributed by atoms with Crippen molar-refractivity contribution in [3.05, 3.63) is 41.3 Å². The molecule has 1 fully saturated rings. The summed E-state index contributed by atoms with van der Waals surface area (Å²) >= 11 is 0. The first-order chi connectivity index (χ1) is 13.7. The third kappa shape index (κ3) is 6.20. The number of halogens is 3. The van der Waals surface area contributed by atoms with Gasteiger partial charge >= 0.3 is 6.36 Å². The van der Waals surface area contributed by atoms with Crippen LogP contribution in [0.15, 0.2) is 28.8 Å². The molecule has 1 amide bonds. The average Bonchev–Trinajstić information content (AvgIpc) is 2.96. The quantitative estimate of drug-likeness (QED) is 0.787. The van der Waals surface area contributed by atoms with Gasteiger partial charge in [-0.05, 0) is 38.1 Å². The Bertz CT molecular complexity index is 809. The highest BCUT2D eigenvalue weighted by Gasteiger charge is 2.31. The van der Waals surface area contributed by atoms with E-state index in [1.54, 1.807) is 0 Å². The Morgan fingerprint density at radius 2 is 1.76 bits per heavy atom. The Morgan fingerprint density at radius 3 is 2.31 bits per heavy atom. The number of piperazine rings is 1. The number of ether oxygens (including phenoxy) is 1. The van der Waals surface area contributed by atoms with Crippen LogP contribution in [0.3, 0.4) is 0 Å². The Morgan fingerprint density at radius 1 is 1.14 bits per heavy atom. The first kappa shape index (κ1) is 21.1.